The van der Waals surface area contributed by atoms with E-state index in [-0.39, 0.29) is 32.0 Å². The van der Waals surface area contributed by atoms with Crippen LogP contribution < -0.4 is 4.89 Å². The van der Waals surface area contributed by atoms with Gasteiger partial charge in [0.05, 0.1) is 27.7 Å². The summed E-state index contributed by atoms with van der Waals surface area (Å²) in [6.07, 6.45) is 80.1. The maximum atomic E-state index is 12.9. The van der Waals surface area contributed by atoms with Crippen LogP contribution in [0.1, 0.15) is 322 Å². The molecule has 468 valence electrons. The molecule has 0 aromatic carbocycles. The highest BCUT2D eigenvalue weighted by atomic mass is 31.2. The number of ether oxygens (including phenoxy) is 2. The second-order valence-electron chi connectivity index (χ2n) is 24.2. The van der Waals surface area contributed by atoms with Crippen molar-refractivity contribution in [1.82, 2.24) is 0 Å². The first kappa shape index (κ1) is 77.7. The van der Waals surface area contributed by atoms with Crippen molar-refractivity contribution in [2.75, 3.05) is 47.5 Å². The maximum Gasteiger partial charge on any atom is 0.306 e. The van der Waals surface area contributed by atoms with Crippen LogP contribution in [0.2, 0.25) is 0 Å². The molecule has 2 unspecified atom stereocenters. The van der Waals surface area contributed by atoms with E-state index in [1.165, 1.54) is 225 Å². The fourth-order valence-corrected chi connectivity index (χ4v) is 10.6. The van der Waals surface area contributed by atoms with E-state index in [0.717, 1.165) is 64.2 Å². The molecule has 0 aliphatic rings. The quantitative estimate of drug-likeness (QED) is 0.0195. The standard InChI is InChI=1S/C70H130NO8P/c1-6-8-10-12-14-16-18-20-22-24-26-28-30-32-33-34-35-36-37-39-41-43-45-47-49-51-53-55-57-59-61-63-70(73)79-68(67-78-80(74,75)77-65-64-71(3,4)5)66-76-69(72)62-60-58-56-54-52-50-48-46-44-42-40-38-31-29-27-25-23-21-19-17-15-13-11-9-7-2/h8,10,14,16,20,22,25-28,68H,6-7,9,11-13,15,17-19,21,23-24,29-67H2,1-5H3/b10-8-,16-14-,22-20-,27-25-,28-26-. The zero-order chi connectivity index (χ0) is 58.4. The zero-order valence-electron chi connectivity index (χ0n) is 53.3. The molecule has 0 radical (unpaired) electrons. The monoisotopic (exact) mass is 1140 g/mol. The second kappa shape index (κ2) is 61.3. The first-order valence-electron chi connectivity index (χ1n) is 34.0. The minimum Gasteiger partial charge on any atom is -0.756 e. The molecule has 0 N–H and O–H groups in total. The largest absolute Gasteiger partial charge is 0.756 e. The van der Waals surface area contributed by atoms with Gasteiger partial charge in [0.25, 0.3) is 7.82 Å². The van der Waals surface area contributed by atoms with Crippen LogP contribution >= 0.6 is 7.82 Å². The third kappa shape index (κ3) is 64.9. The predicted molar refractivity (Wildman–Crippen MR) is 342 cm³/mol. The smallest absolute Gasteiger partial charge is 0.306 e. The van der Waals surface area contributed by atoms with Gasteiger partial charge in [0.1, 0.15) is 19.8 Å². The van der Waals surface area contributed by atoms with E-state index in [1.54, 1.807) is 0 Å². The van der Waals surface area contributed by atoms with E-state index >= 15 is 0 Å². The van der Waals surface area contributed by atoms with Crippen LogP contribution in [-0.4, -0.2) is 70.0 Å². The Balaban J connectivity index is 4.03. The Bertz CT molecular complexity index is 1530. The number of esters is 2. The van der Waals surface area contributed by atoms with Crippen LogP contribution in [0.5, 0.6) is 0 Å². The normalized spacial score (nSPS) is 13.5. The van der Waals surface area contributed by atoms with Gasteiger partial charge in [-0.2, -0.15) is 0 Å². The van der Waals surface area contributed by atoms with Crippen LogP contribution in [-0.2, 0) is 32.7 Å². The number of hydrogen-bond donors (Lipinski definition) is 0. The molecule has 0 fully saturated rings. The van der Waals surface area contributed by atoms with E-state index < -0.39 is 26.5 Å². The Labute approximate surface area is 496 Å². The van der Waals surface area contributed by atoms with Crippen molar-refractivity contribution in [3.63, 3.8) is 0 Å². The van der Waals surface area contributed by atoms with Crippen molar-refractivity contribution in [3.05, 3.63) is 60.8 Å². The molecule has 0 aliphatic heterocycles. The number of allylic oxidation sites excluding steroid dienone is 10. The molecule has 0 bridgehead atoms. The Morgan fingerprint density at radius 1 is 0.400 bits per heavy atom. The highest BCUT2D eigenvalue weighted by molar-refractivity contribution is 7.45. The molecule has 80 heavy (non-hydrogen) atoms. The average Bonchev–Trinajstić information content (AvgIpc) is 3.42. The van der Waals surface area contributed by atoms with E-state index in [4.69, 9.17) is 18.5 Å². The molecule has 0 aliphatic carbocycles. The van der Waals surface area contributed by atoms with Gasteiger partial charge in [-0.05, 0) is 77.0 Å². The maximum absolute atomic E-state index is 12.9. The molecule has 0 heterocycles. The number of likely N-dealkylation sites (N-methyl/N-ethyl adjacent to an activating group) is 1. The number of phosphoric acid groups is 1. The summed E-state index contributed by atoms with van der Waals surface area (Å²) in [6.45, 7) is 4.18. The van der Waals surface area contributed by atoms with Gasteiger partial charge in [0.15, 0.2) is 6.10 Å². The fourth-order valence-electron chi connectivity index (χ4n) is 9.82. The van der Waals surface area contributed by atoms with Crippen LogP contribution in [0, 0.1) is 0 Å². The van der Waals surface area contributed by atoms with Gasteiger partial charge < -0.3 is 27.9 Å². The SMILES string of the molecule is CC/C=C\C/C=C\C/C=C\C/C=C\CCCCCCCCCCCCCCCCCCCCC(=O)OC(COC(=O)CCCCCCCCCCCCCCC/C=C\CCCCCCCCCC)COP(=O)([O-])OCC[N+](C)(C)C. The lowest BCUT2D eigenvalue weighted by molar-refractivity contribution is -0.870. The molecule has 0 saturated heterocycles. The highest BCUT2D eigenvalue weighted by Gasteiger charge is 2.22. The summed E-state index contributed by atoms with van der Waals surface area (Å²) in [4.78, 5) is 38.0. The Kier molecular flexibility index (Phi) is 59.5. The molecule has 10 heteroatoms. The van der Waals surface area contributed by atoms with Crippen LogP contribution in [0.25, 0.3) is 0 Å². The molecular weight excluding hydrogens is 1010 g/mol. The summed E-state index contributed by atoms with van der Waals surface area (Å²) >= 11 is 0. The molecule has 0 amide bonds. The Morgan fingerprint density at radius 3 is 1.07 bits per heavy atom. The van der Waals surface area contributed by atoms with Gasteiger partial charge in [-0.1, -0.05) is 293 Å². The number of quaternary nitrogens is 1. The third-order valence-electron chi connectivity index (χ3n) is 15.0. The number of unbranched alkanes of at least 4 members (excludes halogenated alkanes) is 39. The summed E-state index contributed by atoms with van der Waals surface area (Å²) in [5, 5.41) is 0. The summed E-state index contributed by atoms with van der Waals surface area (Å²) in [5.41, 5.74) is 0. The lowest BCUT2D eigenvalue weighted by Crippen LogP contribution is -2.37. The van der Waals surface area contributed by atoms with Gasteiger partial charge in [0, 0.05) is 12.8 Å². The summed E-state index contributed by atoms with van der Waals surface area (Å²) in [5.74, 6) is -0.818. The van der Waals surface area contributed by atoms with E-state index in [0.29, 0.717) is 17.4 Å². The Hall–Kier alpha value is -2.29. The number of carbonyl (C=O) groups excluding carboxylic acids is 2. The molecule has 9 nitrogen and oxygen atoms in total. The number of carbonyl (C=O) groups is 2. The van der Waals surface area contributed by atoms with Crippen LogP contribution in [0.15, 0.2) is 60.8 Å². The topological polar surface area (TPSA) is 111 Å². The molecule has 0 saturated carbocycles. The highest BCUT2D eigenvalue weighted by Crippen LogP contribution is 2.38. The van der Waals surface area contributed by atoms with E-state index in [9.17, 15) is 19.0 Å². The minimum absolute atomic E-state index is 0.0299. The molecule has 0 aromatic heterocycles. The minimum atomic E-state index is -4.64. The zero-order valence-corrected chi connectivity index (χ0v) is 54.2. The summed E-state index contributed by atoms with van der Waals surface area (Å²) < 4.78 is 34.3. The van der Waals surface area contributed by atoms with Crippen molar-refractivity contribution in [2.45, 2.75) is 328 Å². The van der Waals surface area contributed by atoms with Crippen molar-refractivity contribution in [2.24, 2.45) is 0 Å². The average molecular weight is 1140 g/mol. The van der Waals surface area contributed by atoms with Gasteiger partial charge in [-0.25, -0.2) is 0 Å². The first-order valence-corrected chi connectivity index (χ1v) is 35.5. The lowest BCUT2D eigenvalue weighted by Gasteiger charge is -2.28. The molecule has 0 spiro atoms. The van der Waals surface area contributed by atoms with Crippen molar-refractivity contribution in [1.29, 1.82) is 0 Å². The molecule has 2 atom stereocenters. The van der Waals surface area contributed by atoms with Crippen LogP contribution in [0.4, 0.5) is 0 Å². The summed E-state index contributed by atoms with van der Waals surface area (Å²) in [7, 11) is 1.18. The molecule has 0 aromatic rings. The van der Waals surface area contributed by atoms with E-state index in [2.05, 4.69) is 74.6 Å². The van der Waals surface area contributed by atoms with Gasteiger partial charge in [-0.3, -0.25) is 14.2 Å². The number of hydrogen-bond acceptors (Lipinski definition) is 8. The lowest BCUT2D eigenvalue weighted by atomic mass is 10.0. The van der Waals surface area contributed by atoms with Gasteiger partial charge in [0.2, 0.25) is 0 Å². The number of phosphoric ester groups is 1. The first-order chi connectivity index (χ1) is 39.0. The molecule has 0 rings (SSSR count). The molecular formula is C70H130NO8P. The van der Waals surface area contributed by atoms with Crippen molar-refractivity contribution >= 4 is 19.8 Å². The fraction of sp³-hybridized carbons (Fsp3) is 0.829. The van der Waals surface area contributed by atoms with Crippen LogP contribution in [0.3, 0.4) is 0 Å². The second-order valence-corrected chi connectivity index (χ2v) is 25.6. The van der Waals surface area contributed by atoms with Crippen molar-refractivity contribution in [3.8, 4) is 0 Å². The van der Waals surface area contributed by atoms with E-state index in [1.807, 2.05) is 21.1 Å². The van der Waals surface area contributed by atoms with Crippen molar-refractivity contribution < 1.29 is 42.1 Å². The van der Waals surface area contributed by atoms with Gasteiger partial charge >= 0.3 is 11.9 Å². The number of nitrogens with zero attached hydrogens (tertiary/aromatic N) is 1. The van der Waals surface area contributed by atoms with Gasteiger partial charge in [-0.15, -0.1) is 0 Å². The number of rotatable bonds is 63. The summed E-state index contributed by atoms with van der Waals surface area (Å²) in [6, 6.07) is 0. The third-order valence-corrected chi connectivity index (χ3v) is 16.0. The Morgan fingerprint density at radius 2 is 0.713 bits per heavy atom. The predicted octanol–water partition coefficient (Wildman–Crippen LogP) is 21.2.